The number of rotatable bonds is 5. The smallest absolute Gasteiger partial charge is 0.425 e. The monoisotopic (exact) mass is 529 g/mol. The number of amides is 1. The number of aromatic nitrogens is 4. The highest BCUT2D eigenvalue weighted by Crippen LogP contribution is 2.32. The fourth-order valence-electron chi connectivity index (χ4n) is 3.60. The van der Waals surface area contributed by atoms with Gasteiger partial charge in [-0.05, 0) is 38.5 Å². The molecule has 0 bridgehead atoms. The summed E-state index contributed by atoms with van der Waals surface area (Å²) < 4.78 is 67.2. The highest BCUT2D eigenvalue weighted by Gasteiger charge is 2.39. The number of carbonyl (C=O) groups is 1. The second-order valence-electron chi connectivity index (χ2n) is 8.12. The van der Waals surface area contributed by atoms with Crippen molar-refractivity contribution in [3.8, 4) is 11.4 Å². The number of nitrogens with one attached hydrogen (secondary N) is 1. The molecule has 9 nitrogen and oxygen atoms in total. The lowest BCUT2D eigenvalue weighted by atomic mass is 10.1. The molecule has 1 unspecified atom stereocenters. The maximum atomic E-state index is 15.2. The Bertz CT molecular complexity index is 1380. The number of halogens is 5. The molecule has 1 aromatic carbocycles. The van der Waals surface area contributed by atoms with Gasteiger partial charge in [0.2, 0.25) is 0 Å². The Labute approximate surface area is 206 Å². The third kappa shape index (κ3) is 4.93. The van der Waals surface area contributed by atoms with Crippen molar-refractivity contribution >= 4 is 23.2 Å². The summed E-state index contributed by atoms with van der Waals surface area (Å²) in [5.74, 6) is -2.48. The van der Waals surface area contributed by atoms with Crippen LogP contribution in [0.25, 0.3) is 5.69 Å². The van der Waals surface area contributed by atoms with Gasteiger partial charge in [-0.1, -0.05) is 11.6 Å². The van der Waals surface area contributed by atoms with E-state index in [0.29, 0.717) is 22.0 Å². The minimum absolute atomic E-state index is 0.00348. The van der Waals surface area contributed by atoms with Crippen molar-refractivity contribution in [2.75, 3.05) is 11.9 Å². The molecular weight excluding hydrogens is 510 g/mol. The number of pyridine rings is 1. The molecule has 2 aromatic heterocycles. The van der Waals surface area contributed by atoms with Crippen molar-refractivity contribution in [2.24, 2.45) is 0 Å². The number of benzene rings is 1. The van der Waals surface area contributed by atoms with Gasteiger partial charge in [0, 0.05) is 11.8 Å². The van der Waals surface area contributed by atoms with E-state index in [2.05, 4.69) is 15.4 Å². The fraction of sp³-hybridized carbons (Fsp3) is 0.364. The molecule has 0 radical (unpaired) electrons. The Kier molecular flexibility index (Phi) is 6.80. The van der Waals surface area contributed by atoms with Crippen molar-refractivity contribution in [1.82, 2.24) is 19.3 Å². The zero-order chi connectivity index (χ0) is 26.4. The molecule has 0 saturated carbocycles. The maximum Gasteiger partial charge on any atom is 0.425 e. The molecule has 1 atom stereocenters. The lowest BCUT2D eigenvalue weighted by Gasteiger charge is -2.20. The Morgan fingerprint density at radius 3 is 2.64 bits per heavy atom. The molecule has 1 N–H and O–H groups in total. The molecule has 1 amide bonds. The minimum atomic E-state index is -4.79. The van der Waals surface area contributed by atoms with Crippen molar-refractivity contribution in [2.45, 2.75) is 46.2 Å². The van der Waals surface area contributed by atoms with Crippen molar-refractivity contribution in [3.63, 3.8) is 0 Å². The highest BCUT2D eigenvalue weighted by molar-refractivity contribution is 6.33. The molecule has 0 aliphatic carbocycles. The molecule has 3 aromatic rings. The Balaban J connectivity index is 1.80. The first-order valence-corrected chi connectivity index (χ1v) is 11.0. The van der Waals surface area contributed by atoms with Gasteiger partial charge >= 0.3 is 11.9 Å². The molecular formula is C22H20ClF4N5O4. The number of nitrogens with zero attached hydrogens (tertiary/aromatic N) is 4. The Hall–Kier alpha value is -3.45. The van der Waals surface area contributed by atoms with E-state index in [-0.39, 0.29) is 36.4 Å². The molecule has 192 valence electrons. The van der Waals surface area contributed by atoms with Crippen molar-refractivity contribution in [3.05, 3.63) is 62.3 Å². The van der Waals surface area contributed by atoms with E-state index in [0.717, 1.165) is 13.0 Å². The predicted molar refractivity (Wildman–Crippen MR) is 120 cm³/mol. The number of alkyl halides is 3. The van der Waals surface area contributed by atoms with Crippen LogP contribution in [0.3, 0.4) is 0 Å². The zero-order valence-electron chi connectivity index (χ0n) is 19.2. The zero-order valence-corrected chi connectivity index (χ0v) is 20.0. The van der Waals surface area contributed by atoms with E-state index < -0.39 is 46.7 Å². The largest absolute Gasteiger partial charge is 0.480 e. The van der Waals surface area contributed by atoms with Crippen LogP contribution in [-0.2, 0) is 17.9 Å². The fourth-order valence-corrected chi connectivity index (χ4v) is 3.93. The van der Waals surface area contributed by atoms with Crippen LogP contribution < -0.4 is 15.7 Å². The summed E-state index contributed by atoms with van der Waals surface area (Å²) in [6.45, 7) is 4.48. The number of anilines is 1. The number of fused-ring (bicyclic) bond motifs is 1. The number of hydrogen-bond donors (Lipinski definition) is 1. The van der Waals surface area contributed by atoms with Crippen LogP contribution in [0.2, 0.25) is 5.15 Å². The van der Waals surface area contributed by atoms with Crippen molar-refractivity contribution < 1.29 is 31.8 Å². The van der Waals surface area contributed by atoms with Crippen LogP contribution in [0.1, 0.15) is 34.4 Å². The van der Waals surface area contributed by atoms with Gasteiger partial charge in [-0.25, -0.2) is 14.2 Å². The summed E-state index contributed by atoms with van der Waals surface area (Å²) in [5, 5.41) is 6.41. The van der Waals surface area contributed by atoms with E-state index in [4.69, 9.17) is 21.1 Å². The lowest BCUT2D eigenvalue weighted by Crippen LogP contribution is -2.32. The van der Waals surface area contributed by atoms with Crippen LogP contribution in [0, 0.1) is 19.7 Å². The SMILES string of the molecule is Cc1cc(C)c(NC(=O)c2cc(F)c(-n3nc4n(c3=O)CCOC4)cc2OC(C)C(F)(F)F)c(Cl)n1. The minimum Gasteiger partial charge on any atom is -0.480 e. The summed E-state index contributed by atoms with van der Waals surface area (Å²) in [4.78, 5) is 29.8. The van der Waals surface area contributed by atoms with Crippen LogP contribution in [-0.4, -0.2) is 44.1 Å². The predicted octanol–water partition coefficient (Wildman–Crippen LogP) is 3.95. The van der Waals surface area contributed by atoms with Crippen LogP contribution in [0.15, 0.2) is 23.0 Å². The molecule has 1 aliphatic heterocycles. The average molecular weight is 530 g/mol. The summed E-state index contributed by atoms with van der Waals surface area (Å²) in [6.07, 6.45) is -7.14. The van der Waals surface area contributed by atoms with Gasteiger partial charge in [-0.3, -0.25) is 9.36 Å². The summed E-state index contributed by atoms with van der Waals surface area (Å²) in [5.41, 5.74) is -0.552. The molecule has 4 rings (SSSR count). The molecule has 0 saturated heterocycles. The Morgan fingerprint density at radius 1 is 1.28 bits per heavy atom. The van der Waals surface area contributed by atoms with Crippen LogP contribution in [0.5, 0.6) is 5.75 Å². The third-order valence-electron chi connectivity index (χ3n) is 5.46. The number of aryl methyl sites for hydroxylation is 2. The van der Waals surface area contributed by atoms with Crippen LogP contribution in [0.4, 0.5) is 23.2 Å². The average Bonchev–Trinajstić information content (AvgIpc) is 3.12. The molecule has 1 aliphatic rings. The van der Waals surface area contributed by atoms with Crippen LogP contribution >= 0.6 is 11.6 Å². The summed E-state index contributed by atoms with van der Waals surface area (Å²) >= 11 is 6.12. The quantitative estimate of drug-likeness (QED) is 0.397. The highest BCUT2D eigenvalue weighted by atomic mass is 35.5. The first-order chi connectivity index (χ1) is 16.9. The first kappa shape index (κ1) is 25.6. The standard InChI is InChI=1S/C22H20ClF4N5O4/c1-10-6-11(2)28-19(23)18(10)29-20(33)13-7-14(24)15(8-16(13)36-12(3)22(25,26)27)32-21(34)31-4-5-35-9-17(31)30-32/h6-8,12H,4-5,9H2,1-3H3,(H,29,33). The van der Waals surface area contributed by atoms with Gasteiger partial charge in [0.05, 0.1) is 24.4 Å². The van der Waals surface area contributed by atoms with Crippen molar-refractivity contribution in [1.29, 1.82) is 0 Å². The topological polar surface area (TPSA) is 100 Å². The number of carbonyl (C=O) groups excluding carboxylic acids is 1. The van der Waals surface area contributed by atoms with E-state index in [1.165, 1.54) is 4.57 Å². The van der Waals surface area contributed by atoms with Gasteiger partial charge in [0.15, 0.2) is 17.1 Å². The van der Waals surface area contributed by atoms with Gasteiger partial charge in [0.25, 0.3) is 5.91 Å². The third-order valence-corrected chi connectivity index (χ3v) is 5.73. The maximum absolute atomic E-state index is 15.2. The van der Waals surface area contributed by atoms with E-state index in [1.54, 1.807) is 19.9 Å². The second kappa shape index (κ2) is 9.54. The molecule has 0 fully saturated rings. The second-order valence-corrected chi connectivity index (χ2v) is 8.47. The van der Waals surface area contributed by atoms with E-state index >= 15 is 4.39 Å². The molecule has 3 heterocycles. The molecule has 0 spiro atoms. The van der Waals surface area contributed by atoms with Gasteiger partial charge in [0.1, 0.15) is 23.9 Å². The Morgan fingerprint density at radius 2 is 2.00 bits per heavy atom. The lowest BCUT2D eigenvalue weighted by molar-refractivity contribution is -0.189. The van der Waals surface area contributed by atoms with Gasteiger partial charge < -0.3 is 14.8 Å². The van der Waals surface area contributed by atoms with Gasteiger partial charge in [-0.2, -0.15) is 17.9 Å². The molecule has 36 heavy (non-hydrogen) atoms. The normalized spacial score (nSPS) is 14.3. The molecule has 14 heteroatoms. The number of ether oxygens (including phenoxy) is 2. The summed E-state index contributed by atoms with van der Waals surface area (Å²) in [7, 11) is 0. The summed E-state index contributed by atoms with van der Waals surface area (Å²) in [6, 6.07) is 3.13. The van der Waals surface area contributed by atoms with E-state index in [1.807, 2.05) is 0 Å². The van der Waals surface area contributed by atoms with Gasteiger partial charge in [-0.15, -0.1) is 5.10 Å². The number of hydrogen-bond acceptors (Lipinski definition) is 6. The van der Waals surface area contributed by atoms with E-state index in [9.17, 15) is 22.8 Å². The first-order valence-electron chi connectivity index (χ1n) is 10.7.